The number of hydrogen-bond acceptors (Lipinski definition) is 3. The summed E-state index contributed by atoms with van der Waals surface area (Å²) in [6.07, 6.45) is 7.26. The van der Waals surface area contributed by atoms with E-state index in [1.165, 1.54) is 12.5 Å². The minimum atomic E-state index is -0.646. The molecule has 1 fully saturated rings. The lowest BCUT2D eigenvalue weighted by Crippen LogP contribution is -2.39. The Labute approximate surface area is 138 Å². The zero-order valence-corrected chi connectivity index (χ0v) is 14.6. The average Bonchev–Trinajstić information content (AvgIpc) is 2.44. The minimum absolute atomic E-state index is 0.0336. The van der Waals surface area contributed by atoms with Gasteiger partial charge in [-0.3, -0.25) is 14.4 Å². The molecule has 1 saturated carbocycles. The highest BCUT2D eigenvalue weighted by molar-refractivity contribution is 6.22. The molecule has 0 saturated heterocycles. The number of hydrogen-bond donors (Lipinski definition) is 1. The second-order valence-corrected chi connectivity index (χ2v) is 7.48. The molecule has 0 aliphatic heterocycles. The Morgan fingerprint density at radius 1 is 1.17 bits per heavy atom. The maximum absolute atomic E-state index is 12.4. The van der Waals surface area contributed by atoms with Crippen LogP contribution < -0.4 is 5.32 Å². The van der Waals surface area contributed by atoms with Crippen LogP contribution in [-0.4, -0.2) is 23.5 Å². The van der Waals surface area contributed by atoms with Crippen LogP contribution in [0.25, 0.3) is 0 Å². The predicted octanol–water partition coefficient (Wildman–Crippen LogP) is 3.27. The molecule has 2 rings (SSSR count). The predicted molar refractivity (Wildman–Crippen MR) is 89.9 cm³/mol. The highest BCUT2D eigenvalue weighted by Crippen LogP contribution is 2.36. The van der Waals surface area contributed by atoms with Gasteiger partial charge in [0.15, 0.2) is 11.6 Å². The molecule has 0 heterocycles. The second kappa shape index (κ2) is 6.81. The molecule has 2 aliphatic carbocycles. The first kappa shape index (κ1) is 17.6. The van der Waals surface area contributed by atoms with Crippen LogP contribution in [0, 0.1) is 5.41 Å². The third-order valence-electron chi connectivity index (χ3n) is 4.92. The van der Waals surface area contributed by atoms with Gasteiger partial charge in [0.2, 0.25) is 5.91 Å². The van der Waals surface area contributed by atoms with Crippen molar-refractivity contribution in [3.8, 4) is 0 Å². The molecule has 1 amide bonds. The number of allylic oxidation sites excluding steroid dienone is 4. The van der Waals surface area contributed by atoms with Crippen molar-refractivity contribution in [2.45, 2.75) is 72.3 Å². The van der Waals surface area contributed by atoms with E-state index >= 15 is 0 Å². The smallest absolute Gasteiger partial charge is 0.221 e. The fraction of sp³-hybridized carbons (Fsp3) is 0.632. The summed E-state index contributed by atoms with van der Waals surface area (Å²) in [7, 11) is 0. The molecule has 0 aromatic heterocycles. The van der Waals surface area contributed by atoms with Crippen LogP contribution in [0.1, 0.15) is 66.2 Å². The van der Waals surface area contributed by atoms with E-state index in [0.717, 1.165) is 25.7 Å². The van der Waals surface area contributed by atoms with Gasteiger partial charge in [-0.1, -0.05) is 33.1 Å². The maximum atomic E-state index is 12.4. The zero-order chi connectivity index (χ0) is 17.2. The molecule has 1 N–H and O–H groups in total. The number of nitrogens with one attached hydrogen (secondary N) is 1. The SMILES string of the molecule is CC1=CC(=O)C(C(C)(C)CC(=O)NC2CCCCC2)=C(C)C1=O. The van der Waals surface area contributed by atoms with E-state index in [4.69, 9.17) is 0 Å². The van der Waals surface area contributed by atoms with Crippen molar-refractivity contribution in [2.75, 3.05) is 0 Å². The van der Waals surface area contributed by atoms with E-state index in [9.17, 15) is 14.4 Å². The minimum Gasteiger partial charge on any atom is -0.353 e. The molecule has 0 bridgehead atoms. The van der Waals surface area contributed by atoms with Crippen molar-refractivity contribution in [1.29, 1.82) is 0 Å². The lowest BCUT2D eigenvalue weighted by Gasteiger charge is -2.31. The van der Waals surface area contributed by atoms with Crippen molar-refractivity contribution in [3.05, 3.63) is 22.8 Å². The number of rotatable bonds is 4. The summed E-state index contributed by atoms with van der Waals surface area (Å²) in [5.41, 5.74) is 0.781. The number of carbonyl (C=O) groups is 3. The molecular weight excluding hydrogens is 290 g/mol. The molecule has 4 nitrogen and oxygen atoms in total. The first-order valence-electron chi connectivity index (χ1n) is 8.50. The molecule has 0 radical (unpaired) electrons. The van der Waals surface area contributed by atoms with E-state index in [-0.39, 0.29) is 29.9 Å². The van der Waals surface area contributed by atoms with Crippen molar-refractivity contribution < 1.29 is 14.4 Å². The Bertz CT molecular complexity index is 590. The Balaban J connectivity index is 2.10. The van der Waals surface area contributed by atoms with E-state index in [1.54, 1.807) is 13.8 Å². The van der Waals surface area contributed by atoms with Gasteiger partial charge >= 0.3 is 0 Å². The molecule has 4 heteroatoms. The number of ketones is 2. The second-order valence-electron chi connectivity index (χ2n) is 7.48. The first-order chi connectivity index (χ1) is 10.7. The summed E-state index contributed by atoms with van der Waals surface area (Å²) in [5.74, 6) is -0.274. The fourth-order valence-electron chi connectivity index (χ4n) is 3.78. The third-order valence-corrected chi connectivity index (χ3v) is 4.92. The van der Waals surface area contributed by atoms with Crippen LogP contribution in [0.4, 0.5) is 0 Å². The van der Waals surface area contributed by atoms with Gasteiger partial charge in [0.25, 0.3) is 0 Å². The molecule has 0 aromatic rings. The van der Waals surface area contributed by atoms with Crippen LogP contribution in [0.3, 0.4) is 0 Å². The van der Waals surface area contributed by atoms with Gasteiger partial charge in [0.05, 0.1) is 0 Å². The van der Waals surface area contributed by atoms with E-state index in [0.29, 0.717) is 16.7 Å². The van der Waals surface area contributed by atoms with Gasteiger partial charge in [-0.25, -0.2) is 0 Å². The topological polar surface area (TPSA) is 63.2 Å². The monoisotopic (exact) mass is 317 g/mol. The van der Waals surface area contributed by atoms with Crippen molar-refractivity contribution in [1.82, 2.24) is 5.32 Å². The molecule has 0 atom stereocenters. The van der Waals surface area contributed by atoms with Crippen molar-refractivity contribution in [3.63, 3.8) is 0 Å². The van der Waals surface area contributed by atoms with Crippen LogP contribution in [0.15, 0.2) is 22.8 Å². The summed E-state index contributed by atoms with van der Waals surface area (Å²) in [4.78, 5) is 36.9. The van der Waals surface area contributed by atoms with E-state index in [1.807, 2.05) is 13.8 Å². The Morgan fingerprint density at radius 2 is 1.78 bits per heavy atom. The van der Waals surface area contributed by atoms with Crippen LogP contribution >= 0.6 is 0 Å². The summed E-state index contributed by atoms with van der Waals surface area (Å²) >= 11 is 0. The van der Waals surface area contributed by atoms with Gasteiger partial charge in [-0.15, -0.1) is 0 Å². The number of carbonyl (C=O) groups excluding carboxylic acids is 3. The average molecular weight is 317 g/mol. The van der Waals surface area contributed by atoms with Crippen LogP contribution in [0.2, 0.25) is 0 Å². The van der Waals surface area contributed by atoms with Gasteiger partial charge < -0.3 is 5.32 Å². The highest BCUT2D eigenvalue weighted by atomic mass is 16.2. The van der Waals surface area contributed by atoms with Crippen LogP contribution in [0.5, 0.6) is 0 Å². The third kappa shape index (κ3) is 3.98. The standard InChI is InChI=1S/C19H27NO3/c1-12-10-15(21)17(13(2)18(12)23)19(3,4)11-16(22)20-14-8-6-5-7-9-14/h10,14H,5-9,11H2,1-4H3,(H,20,22). The molecule has 23 heavy (non-hydrogen) atoms. The van der Waals surface area contributed by atoms with E-state index in [2.05, 4.69) is 5.32 Å². The summed E-state index contributed by atoms with van der Waals surface area (Å²) in [6, 6.07) is 0.257. The van der Waals surface area contributed by atoms with Gasteiger partial charge in [0.1, 0.15) is 0 Å². The summed E-state index contributed by atoms with van der Waals surface area (Å²) in [6.45, 7) is 7.08. The molecule has 0 aromatic carbocycles. The Hall–Kier alpha value is -1.71. The lowest BCUT2D eigenvalue weighted by atomic mass is 9.73. The summed E-state index contributed by atoms with van der Waals surface area (Å²) in [5, 5.41) is 3.09. The molecule has 0 unspecified atom stereocenters. The fourth-order valence-corrected chi connectivity index (χ4v) is 3.78. The molecule has 2 aliphatic rings. The van der Waals surface area contributed by atoms with E-state index < -0.39 is 5.41 Å². The van der Waals surface area contributed by atoms with Gasteiger partial charge in [-0.05, 0) is 32.8 Å². The molecule has 0 spiro atoms. The van der Waals surface area contributed by atoms with Gasteiger partial charge in [0, 0.05) is 34.6 Å². The maximum Gasteiger partial charge on any atom is 0.221 e. The lowest BCUT2D eigenvalue weighted by molar-refractivity contribution is -0.124. The normalized spacial score (nSPS) is 20.6. The Morgan fingerprint density at radius 3 is 2.39 bits per heavy atom. The van der Waals surface area contributed by atoms with Gasteiger partial charge in [-0.2, -0.15) is 0 Å². The number of amides is 1. The highest BCUT2D eigenvalue weighted by Gasteiger charge is 2.36. The van der Waals surface area contributed by atoms with Crippen molar-refractivity contribution >= 4 is 17.5 Å². The first-order valence-corrected chi connectivity index (χ1v) is 8.50. The summed E-state index contributed by atoms with van der Waals surface area (Å²) < 4.78 is 0. The van der Waals surface area contributed by atoms with Crippen LogP contribution in [-0.2, 0) is 14.4 Å². The molecule has 126 valence electrons. The molecular formula is C19H27NO3. The number of Topliss-reactive ketones (excluding diaryl/α,β-unsaturated/α-hetero) is 1. The largest absolute Gasteiger partial charge is 0.353 e. The van der Waals surface area contributed by atoms with Crippen molar-refractivity contribution in [2.24, 2.45) is 5.41 Å². The zero-order valence-electron chi connectivity index (χ0n) is 14.6. The quantitative estimate of drug-likeness (QED) is 0.809. The Kier molecular flexibility index (Phi) is 5.23.